The first-order valence-corrected chi connectivity index (χ1v) is 11.5. The summed E-state index contributed by atoms with van der Waals surface area (Å²) in [5, 5.41) is 2.75. The summed E-state index contributed by atoms with van der Waals surface area (Å²) >= 11 is 0. The average Bonchev–Trinajstić information content (AvgIpc) is 2.68. The summed E-state index contributed by atoms with van der Waals surface area (Å²) in [7, 11) is 0. The molecule has 2 aromatic carbocycles. The van der Waals surface area contributed by atoms with E-state index >= 15 is 0 Å². The van der Waals surface area contributed by atoms with Crippen molar-refractivity contribution in [3.63, 3.8) is 0 Å². The highest BCUT2D eigenvalue weighted by Gasteiger charge is 2.17. The van der Waals surface area contributed by atoms with Crippen molar-refractivity contribution in [2.45, 2.75) is 104 Å². The van der Waals surface area contributed by atoms with E-state index in [1.54, 1.807) is 5.56 Å². The molecule has 0 heterocycles. The molecule has 2 nitrogen and oxygen atoms in total. The molecule has 0 aromatic heterocycles. The van der Waals surface area contributed by atoms with Crippen molar-refractivity contribution in [3.8, 4) is 0 Å². The smallest absolute Gasteiger partial charge is 0.0303 e. The Labute approximate surface area is 173 Å². The highest BCUT2D eigenvalue weighted by Crippen LogP contribution is 2.33. The van der Waals surface area contributed by atoms with Crippen molar-refractivity contribution >= 4 is 10.8 Å². The molecule has 2 aromatic rings. The van der Waals surface area contributed by atoms with Gasteiger partial charge in [-0.1, -0.05) is 109 Å². The Morgan fingerprint density at radius 2 is 1.43 bits per heavy atom. The molecule has 158 valence electrons. The van der Waals surface area contributed by atoms with Crippen molar-refractivity contribution in [3.05, 3.63) is 47.0 Å². The number of nitrogens with two attached hydrogens (primary N) is 1. The molecule has 0 aliphatic carbocycles. The van der Waals surface area contributed by atoms with Gasteiger partial charge in [0.2, 0.25) is 0 Å². The summed E-state index contributed by atoms with van der Waals surface area (Å²) in [6.45, 7) is 6.85. The van der Waals surface area contributed by atoms with Crippen molar-refractivity contribution < 1.29 is 5.48 Å². The van der Waals surface area contributed by atoms with Crippen LogP contribution >= 0.6 is 0 Å². The third-order valence-corrected chi connectivity index (χ3v) is 5.80. The number of rotatable bonds is 13. The van der Waals surface area contributed by atoms with Gasteiger partial charge in [-0.15, -0.1) is 0 Å². The highest BCUT2D eigenvalue weighted by molar-refractivity contribution is 5.88. The van der Waals surface area contributed by atoms with Gasteiger partial charge in [0.15, 0.2) is 0 Å². The van der Waals surface area contributed by atoms with Crippen LogP contribution in [0.2, 0.25) is 0 Å². The van der Waals surface area contributed by atoms with Crippen molar-refractivity contribution in [2.75, 3.05) is 0 Å². The van der Waals surface area contributed by atoms with Crippen LogP contribution in [0.3, 0.4) is 0 Å². The van der Waals surface area contributed by atoms with Crippen LogP contribution in [0.5, 0.6) is 0 Å². The summed E-state index contributed by atoms with van der Waals surface area (Å²) in [6, 6.07) is 11.5. The normalized spacial score (nSPS) is 12.1. The lowest BCUT2D eigenvalue weighted by atomic mass is 9.85. The van der Waals surface area contributed by atoms with Crippen LogP contribution < -0.4 is 5.73 Å². The zero-order chi connectivity index (χ0) is 19.5. The number of unbranched alkanes of at least 4 members (excludes halogenated alkanes) is 6. The molecular weight excluding hydrogens is 342 g/mol. The monoisotopic (exact) mass is 385 g/mol. The Hall–Kier alpha value is -1.38. The minimum Gasteiger partial charge on any atom is -0.412 e. The number of hydrogen-bond acceptors (Lipinski definition) is 1. The summed E-state index contributed by atoms with van der Waals surface area (Å²) < 4.78 is 0. The van der Waals surface area contributed by atoms with Crippen LogP contribution in [0.25, 0.3) is 10.8 Å². The van der Waals surface area contributed by atoms with E-state index in [2.05, 4.69) is 51.1 Å². The van der Waals surface area contributed by atoms with Crippen LogP contribution in [0.1, 0.15) is 108 Å². The third-order valence-electron chi connectivity index (χ3n) is 5.80. The highest BCUT2D eigenvalue weighted by atomic mass is 16.0. The largest absolute Gasteiger partial charge is 0.412 e. The van der Waals surface area contributed by atoms with Gasteiger partial charge in [-0.05, 0) is 46.7 Å². The minimum atomic E-state index is 0. The lowest BCUT2D eigenvalue weighted by molar-refractivity contribution is 0.540. The Balaban J connectivity index is 0.00000392. The lowest BCUT2D eigenvalue weighted by Crippen LogP contribution is -2.15. The fraction of sp³-hybridized carbons (Fsp3) is 0.615. The SMILES string of the molecule is CCCCCCCCCC(N)c1c(CCC)c(CCC)cc2ccccc12.O. The van der Waals surface area contributed by atoms with Gasteiger partial charge >= 0.3 is 0 Å². The maximum Gasteiger partial charge on any atom is 0.0303 e. The molecule has 0 fully saturated rings. The first kappa shape index (κ1) is 24.7. The van der Waals surface area contributed by atoms with E-state index in [1.165, 1.54) is 79.7 Å². The molecule has 0 aliphatic heterocycles. The van der Waals surface area contributed by atoms with Crippen molar-refractivity contribution in [1.29, 1.82) is 0 Å². The first-order valence-electron chi connectivity index (χ1n) is 11.5. The third kappa shape index (κ3) is 6.90. The van der Waals surface area contributed by atoms with E-state index in [0.717, 1.165) is 19.3 Å². The van der Waals surface area contributed by atoms with E-state index in [-0.39, 0.29) is 11.5 Å². The van der Waals surface area contributed by atoms with Gasteiger partial charge in [0.25, 0.3) is 0 Å². The van der Waals surface area contributed by atoms with Gasteiger partial charge in [-0.3, -0.25) is 0 Å². The Morgan fingerprint density at radius 1 is 0.786 bits per heavy atom. The summed E-state index contributed by atoms with van der Waals surface area (Å²) in [5.74, 6) is 0. The second kappa shape index (κ2) is 13.7. The summed E-state index contributed by atoms with van der Waals surface area (Å²) in [6.07, 6.45) is 15.3. The maximum atomic E-state index is 6.82. The standard InChI is InChI=1S/C26H41N.H2O/c1-4-7-8-9-10-11-12-19-25(27)26-23(16-6-3)21(15-5-2)20-22-17-13-14-18-24(22)26;/h13-14,17-18,20,25H,4-12,15-16,19,27H2,1-3H3;1H2. The molecule has 0 saturated heterocycles. The zero-order valence-electron chi connectivity index (χ0n) is 18.5. The van der Waals surface area contributed by atoms with E-state index in [1.807, 2.05) is 0 Å². The minimum absolute atomic E-state index is 0. The number of aryl methyl sites for hydroxylation is 1. The molecule has 1 unspecified atom stereocenters. The van der Waals surface area contributed by atoms with Crippen LogP contribution in [0, 0.1) is 0 Å². The molecule has 0 bridgehead atoms. The van der Waals surface area contributed by atoms with Crippen LogP contribution in [0.15, 0.2) is 30.3 Å². The maximum absolute atomic E-state index is 6.82. The molecule has 1 atom stereocenters. The van der Waals surface area contributed by atoms with Crippen molar-refractivity contribution in [2.24, 2.45) is 5.73 Å². The van der Waals surface area contributed by atoms with Crippen molar-refractivity contribution in [1.82, 2.24) is 0 Å². The predicted molar refractivity (Wildman–Crippen MR) is 125 cm³/mol. The van der Waals surface area contributed by atoms with Crippen LogP contribution in [-0.4, -0.2) is 5.48 Å². The van der Waals surface area contributed by atoms with Gasteiger partial charge in [0.1, 0.15) is 0 Å². The number of fused-ring (bicyclic) bond motifs is 1. The second-order valence-electron chi connectivity index (χ2n) is 8.17. The lowest BCUT2D eigenvalue weighted by Gasteiger charge is -2.22. The van der Waals surface area contributed by atoms with Gasteiger partial charge < -0.3 is 11.2 Å². The molecule has 0 radical (unpaired) electrons. The Bertz CT molecular complexity index is 679. The fourth-order valence-electron chi connectivity index (χ4n) is 4.41. The average molecular weight is 386 g/mol. The number of hydrogen-bond donors (Lipinski definition) is 1. The van der Waals surface area contributed by atoms with Crippen LogP contribution in [-0.2, 0) is 12.8 Å². The second-order valence-corrected chi connectivity index (χ2v) is 8.17. The van der Waals surface area contributed by atoms with Gasteiger partial charge in [0, 0.05) is 6.04 Å². The molecule has 4 N–H and O–H groups in total. The molecule has 0 spiro atoms. The molecule has 2 rings (SSSR count). The molecule has 0 aliphatic rings. The number of benzene rings is 2. The van der Waals surface area contributed by atoms with Gasteiger partial charge in [-0.25, -0.2) is 0 Å². The molecule has 0 amide bonds. The molecule has 2 heteroatoms. The molecule has 28 heavy (non-hydrogen) atoms. The first-order chi connectivity index (χ1) is 13.2. The molecule has 0 saturated carbocycles. The summed E-state index contributed by atoms with van der Waals surface area (Å²) in [4.78, 5) is 0. The Kier molecular flexibility index (Phi) is 12.1. The van der Waals surface area contributed by atoms with E-state index in [9.17, 15) is 0 Å². The van der Waals surface area contributed by atoms with E-state index in [4.69, 9.17) is 5.73 Å². The van der Waals surface area contributed by atoms with Gasteiger partial charge in [-0.2, -0.15) is 0 Å². The Morgan fingerprint density at radius 3 is 2.11 bits per heavy atom. The fourth-order valence-corrected chi connectivity index (χ4v) is 4.41. The topological polar surface area (TPSA) is 57.5 Å². The van der Waals surface area contributed by atoms with Crippen LogP contribution in [0.4, 0.5) is 0 Å². The quantitative estimate of drug-likeness (QED) is 0.369. The zero-order valence-corrected chi connectivity index (χ0v) is 18.5. The predicted octanol–water partition coefficient (Wildman–Crippen LogP) is 7.06. The van der Waals surface area contributed by atoms with E-state index < -0.39 is 0 Å². The summed E-state index contributed by atoms with van der Waals surface area (Å²) in [5.41, 5.74) is 11.3. The van der Waals surface area contributed by atoms with E-state index in [0.29, 0.717) is 0 Å². The molecular formula is C26H43NO. The van der Waals surface area contributed by atoms with Gasteiger partial charge in [0.05, 0.1) is 0 Å².